The zero-order valence-corrected chi connectivity index (χ0v) is 10.0. The van der Waals surface area contributed by atoms with E-state index < -0.39 is 0 Å². The fourth-order valence-electron chi connectivity index (χ4n) is 1.93. The van der Waals surface area contributed by atoms with Crippen LogP contribution in [0.15, 0.2) is 29.3 Å². The van der Waals surface area contributed by atoms with Crippen molar-refractivity contribution >= 4 is 18.0 Å². The Morgan fingerprint density at radius 3 is 3.00 bits per heavy atom. The van der Waals surface area contributed by atoms with E-state index in [1.165, 1.54) is 18.4 Å². The van der Waals surface area contributed by atoms with Gasteiger partial charge in [0.15, 0.2) is 0 Å². The van der Waals surface area contributed by atoms with Gasteiger partial charge >= 0.3 is 0 Å². The molecule has 0 spiro atoms. The molecule has 80 valence electrons. The van der Waals surface area contributed by atoms with Crippen LogP contribution in [0.4, 0.5) is 0 Å². The summed E-state index contributed by atoms with van der Waals surface area (Å²) in [6, 6.07) is 0.534. The molecule has 1 nitrogen and oxygen atoms in total. The van der Waals surface area contributed by atoms with E-state index in [1.807, 2.05) is 11.8 Å². The highest BCUT2D eigenvalue weighted by atomic mass is 32.2. The van der Waals surface area contributed by atoms with Gasteiger partial charge in [-0.15, -0.1) is 11.8 Å². The Kier molecular flexibility index (Phi) is 3.57. The van der Waals surface area contributed by atoms with Crippen LogP contribution in [-0.2, 0) is 0 Å². The zero-order chi connectivity index (χ0) is 10.7. The van der Waals surface area contributed by atoms with Crippen molar-refractivity contribution in [2.75, 3.05) is 0 Å². The van der Waals surface area contributed by atoms with Crippen LogP contribution < -0.4 is 0 Å². The zero-order valence-electron chi connectivity index (χ0n) is 9.23. The summed E-state index contributed by atoms with van der Waals surface area (Å²) in [7, 11) is 0. The lowest BCUT2D eigenvalue weighted by Gasteiger charge is -2.22. The summed E-state index contributed by atoms with van der Waals surface area (Å²) < 4.78 is 0. The Labute approximate surface area is 96.7 Å². The summed E-state index contributed by atoms with van der Waals surface area (Å²) in [4.78, 5) is 4.50. The van der Waals surface area contributed by atoms with Gasteiger partial charge in [0.25, 0.3) is 0 Å². The van der Waals surface area contributed by atoms with Crippen molar-refractivity contribution in [1.82, 2.24) is 0 Å². The number of nitrogens with zero attached hydrogens (tertiary/aromatic N) is 1. The molecule has 2 unspecified atom stereocenters. The summed E-state index contributed by atoms with van der Waals surface area (Å²) in [5.41, 5.74) is 1.25. The van der Waals surface area contributed by atoms with Crippen LogP contribution in [0.2, 0.25) is 0 Å². The monoisotopic (exact) mass is 220 g/mol. The van der Waals surface area contributed by atoms with E-state index in [0.717, 1.165) is 6.42 Å². The minimum atomic E-state index is 0.534. The maximum atomic E-state index is 4.50. The molecule has 0 bridgehead atoms. The average Bonchev–Trinajstić information content (AvgIpc) is 2.22. The first-order valence-electron chi connectivity index (χ1n) is 5.62. The largest absolute Gasteiger partial charge is 0.293 e. The van der Waals surface area contributed by atoms with Crippen LogP contribution >= 0.6 is 11.8 Å². The van der Waals surface area contributed by atoms with Gasteiger partial charge in [-0.3, -0.25) is 4.99 Å². The second-order valence-electron chi connectivity index (χ2n) is 4.35. The quantitative estimate of drug-likeness (QED) is 0.649. The highest BCUT2D eigenvalue weighted by Crippen LogP contribution is 2.31. The van der Waals surface area contributed by atoms with Gasteiger partial charge in [0.1, 0.15) is 0 Å². The fraction of sp³-hybridized carbons (Fsp3) is 0.538. The van der Waals surface area contributed by atoms with E-state index in [-0.39, 0.29) is 0 Å². The van der Waals surface area contributed by atoms with E-state index in [0.29, 0.717) is 16.5 Å². The summed E-state index contributed by atoms with van der Waals surface area (Å²) >= 11 is 2.03. The number of hydrogen-bond donors (Lipinski definition) is 0. The summed E-state index contributed by atoms with van der Waals surface area (Å²) in [5.74, 6) is 0. The van der Waals surface area contributed by atoms with Crippen molar-refractivity contribution in [3.8, 4) is 0 Å². The number of hydrogen-bond acceptors (Lipinski definition) is 2. The summed E-state index contributed by atoms with van der Waals surface area (Å²) in [6.07, 6.45) is 12.3. The topological polar surface area (TPSA) is 12.4 Å². The summed E-state index contributed by atoms with van der Waals surface area (Å²) in [5, 5.41) is 1.22. The lowest BCUT2D eigenvalue weighted by atomic mass is 10.0. The standard InChI is InChI=1S/C13H18NS/c1-10-4-3-5-12(8-10)15-13-7-6-11(2)14-9-13/h3-5,9,11-13H,1,6-8H2,2H3/q+1/t11-,12?,13?/m0/s1. The van der Waals surface area contributed by atoms with Gasteiger partial charge in [0.2, 0.25) is 0 Å². The first-order chi connectivity index (χ1) is 7.24. The molecule has 2 heteroatoms. The molecule has 0 aromatic rings. The molecule has 0 aromatic carbocycles. The molecule has 15 heavy (non-hydrogen) atoms. The Balaban J connectivity index is 1.86. The third-order valence-corrected chi connectivity index (χ3v) is 4.23. The van der Waals surface area contributed by atoms with Gasteiger partial charge in [0, 0.05) is 42.5 Å². The Bertz CT molecular complexity index is 293. The first-order valence-corrected chi connectivity index (χ1v) is 6.56. The average molecular weight is 220 g/mol. The molecule has 1 aliphatic carbocycles. The van der Waals surface area contributed by atoms with Crippen LogP contribution in [0.1, 0.15) is 26.2 Å². The lowest BCUT2D eigenvalue weighted by molar-refractivity contribution is 0.622. The van der Waals surface area contributed by atoms with E-state index in [1.54, 1.807) is 0 Å². The highest BCUT2D eigenvalue weighted by Gasteiger charge is 2.22. The van der Waals surface area contributed by atoms with Crippen molar-refractivity contribution in [3.05, 3.63) is 30.7 Å². The van der Waals surface area contributed by atoms with Gasteiger partial charge < -0.3 is 0 Å². The Morgan fingerprint density at radius 2 is 2.33 bits per heavy atom. The van der Waals surface area contributed by atoms with Gasteiger partial charge in [-0.05, 0) is 26.3 Å². The predicted molar refractivity (Wildman–Crippen MR) is 69.6 cm³/mol. The second-order valence-corrected chi connectivity index (χ2v) is 5.83. The van der Waals surface area contributed by atoms with Crippen LogP contribution in [0.3, 0.4) is 0 Å². The molecule has 1 aliphatic heterocycles. The van der Waals surface area contributed by atoms with E-state index in [2.05, 4.69) is 43.3 Å². The number of rotatable bonds is 2. The van der Waals surface area contributed by atoms with Gasteiger partial charge in [0.05, 0.1) is 10.8 Å². The van der Waals surface area contributed by atoms with E-state index >= 15 is 0 Å². The van der Waals surface area contributed by atoms with Crippen molar-refractivity contribution in [2.24, 2.45) is 4.99 Å². The molecule has 3 atom stereocenters. The van der Waals surface area contributed by atoms with Crippen molar-refractivity contribution in [3.63, 3.8) is 0 Å². The normalized spacial score (nSPS) is 35.3. The van der Waals surface area contributed by atoms with E-state index in [9.17, 15) is 0 Å². The molecule has 0 aromatic heterocycles. The maximum Gasteiger partial charge on any atom is 0.0736 e. The molecule has 0 amide bonds. The lowest BCUT2D eigenvalue weighted by Crippen LogP contribution is -2.19. The van der Waals surface area contributed by atoms with Crippen molar-refractivity contribution < 1.29 is 0 Å². The Hall–Kier alpha value is -0.630. The number of thioether (sulfide) groups is 1. The van der Waals surface area contributed by atoms with Gasteiger partial charge in [-0.2, -0.15) is 0 Å². The molecule has 0 N–H and O–H groups in total. The van der Waals surface area contributed by atoms with Crippen molar-refractivity contribution in [2.45, 2.75) is 42.7 Å². The minimum Gasteiger partial charge on any atom is -0.293 e. The third kappa shape index (κ3) is 3.16. The number of aliphatic imine (C=N–C) groups is 1. The van der Waals surface area contributed by atoms with Crippen LogP contribution in [-0.4, -0.2) is 22.8 Å². The molecule has 0 saturated carbocycles. The van der Waals surface area contributed by atoms with Crippen LogP contribution in [0.5, 0.6) is 0 Å². The maximum absolute atomic E-state index is 4.50. The molecule has 1 heterocycles. The van der Waals surface area contributed by atoms with E-state index in [4.69, 9.17) is 0 Å². The first kappa shape index (κ1) is 10.9. The van der Waals surface area contributed by atoms with Gasteiger partial charge in [-0.1, -0.05) is 0 Å². The smallest absolute Gasteiger partial charge is 0.0736 e. The van der Waals surface area contributed by atoms with Crippen LogP contribution in [0, 0.1) is 6.42 Å². The van der Waals surface area contributed by atoms with Crippen molar-refractivity contribution in [1.29, 1.82) is 0 Å². The predicted octanol–water partition coefficient (Wildman–Crippen LogP) is 3.43. The molecule has 0 saturated heterocycles. The SMILES string of the molecule is C=C1[CH+]C=CC(SC2C=N[C@@H](C)CC2)C1. The minimum absolute atomic E-state index is 0.534. The van der Waals surface area contributed by atoms with Crippen LogP contribution in [0.25, 0.3) is 0 Å². The summed E-state index contributed by atoms with van der Waals surface area (Å²) in [6.45, 7) is 6.20. The fourth-order valence-corrected chi connectivity index (χ4v) is 3.28. The third-order valence-electron chi connectivity index (χ3n) is 2.85. The molecule has 0 fully saturated rings. The number of allylic oxidation sites excluding steroid dienone is 2. The van der Waals surface area contributed by atoms with Gasteiger partial charge in [-0.25, -0.2) is 0 Å². The molecular formula is C13H18NS+. The molecule has 0 radical (unpaired) electrons. The molecular weight excluding hydrogens is 202 g/mol. The molecule has 2 rings (SSSR count). The molecule has 2 aliphatic rings. The highest BCUT2D eigenvalue weighted by molar-refractivity contribution is 8.01. The Morgan fingerprint density at radius 1 is 1.47 bits per heavy atom. The second kappa shape index (κ2) is 4.93.